The van der Waals surface area contributed by atoms with E-state index in [1.54, 1.807) is 60.7 Å². The van der Waals surface area contributed by atoms with Crippen molar-refractivity contribution >= 4 is 34.2 Å². The summed E-state index contributed by atoms with van der Waals surface area (Å²) in [6.07, 6.45) is 0. The van der Waals surface area contributed by atoms with Crippen molar-refractivity contribution < 1.29 is 23.5 Å². The lowest BCUT2D eigenvalue weighted by atomic mass is 10.1. The number of hydrogen-bond donors (Lipinski definition) is 2. The van der Waals surface area contributed by atoms with Gasteiger partial charge in [-0.1, -0.05) is 36.4 Å². The van der Waals surface area contributed by atoms with Gasteiger partial charge in [-0.15, -0.1) is 0 Å². The third-order valence-corrected chi connectivity index (χ3v) is 4.83. The molecule has 0 atom stereocenters. The number of rotatable bonds is 7. The Hall–Kier alpha value is -4.26. The molecule has 1 heterocycles. The van der Waals surface area contributed by atoms with Crippen molar-refractivity contribution in [2.45, 2.75) is 6.92 Å². The van der Waals surface area contributed by atoms with Crippen LogP contribution in [0.5, 0.6) is 11.5 Å². The molecule has 0 saturated carbocycles. The summed E-state index contributed by atoms with van der Waals surface area (Å²) < 4.78 is 16.7. The molecule has 7 heteroatoms. The summed E-state index contributed by atoms with van der Waals surface area (Å²) in [5.74, 6) is 0.0238. The molecule has 0 aliphatic rings. The van der Waals surface area contributed by atoms with Gasteiger partial charge in [0.1, 0.15) is 22.8 Å². The van der Waals surface area contributed by atoms with E-state index >= 15 is 0 Å². The Morgan fingerprint density at radius 3 is 2.31 bits per heavy atom. The van der Waals surface area contributed by atoms with E-state index in [0.29, 0.717) is 40.3 Å². The number of ether oxygens (including phenoxy) is 2. The number of benzene rings is 3. The molecule has 0 fully saturated rings. The summed E-state index contributed by atoms with van der Waals surface area (Å²) in [7, 11) is 1.49. The van der Waals surface area contributed by atoms with Gasteiger partial charge >= 0.3 is 0 Å². The maximum absolute atomic E-state index is 13.2. The molecule has 0 bridgehead atoms. The highest BCUT2D eigenvalue weighted by molar-refractivity contribution is 6.17. The van der Waals surface area contributed by atoms with Gasteiger partial charge in [0, 0.05) is 5.39 Å². The zero-order valence-electron chi connectivity index (χ0n) is 17.7. The van der Waals surface area contributed by atoms with Gasteiger partial charge in [-0.25, -0.2) is 0 Å². The number of nitrogens with one attached hydrogen (secondary N) is 2. The molecule has 3 aromatic carbocycles. The zero-order chi connectivity index (χ0) is 22.5. The van der Waals surface area contributed by atoms with Crippen LogP contribution in [0.4, 0.5) is 11.4 Å². The van der Waals surface area contributed by atoms with Crippen LogP contribution in [0.1, 0.15) is 27.8 Å². The minimum absolute atomic E-state index is 0.0132. The molecular weight excluding hydrogens is 408 g/mol. The average molecular weight is 430 g/mol. The number of anilines is 2. The van der Waals surface area contributed by atoms with Crippen LogP contribution in [-0.4, -0.2) is 25.5 Å². The molecule has 0 saturated heterocycles. The summed E-state index contributed by atoms with van der Waals surface area (Å²) in [5.41, 5.74) is 1.60. The van der Waals surface area contributed by atoms with Crippen LogP contribution in [0.25, 0.3) is 11.0 Å². The van der Waals surface area contributed by atoms with Gasteiger partial charge in [-0.3, -0.25) is 9.59 Å². The number of methoxy groups -OCH3 is 1. The van der Waals surface area contributed by atoms with Crippen molar-refractivity contribution in [1.29, 1.82) is 0 Å². The molecule has 0 aliphatic carbocycles. The predicted octanol–water partition coefficient (Wildman–Crippen LogP) is 5.34. The van der Waals surface area contributed by atoms with Crippen LogP contribution in [0.2, 0.25) is 0 Å². The fraction of sp³-hybridized carbons (Fsp3) is 0.120. The van der Waals surface area contributed by atoms with Crippen LogP contribution in [0.3, 0.4) is 0 Å². The van der Waals surface area contributed by atoms with Gasteiger partial charge in [-0.05, 0) is 43.3 Å². The van der Waals surface area contributed by atoms with Gasteiger partial charge < -0.3 is 24.5 Å². The molecule has 2 amide bonds. The molecular formula is C25H22N2O5. The monoisotopic (exact) mass is 430 g/mol. The lowest BCUT2D eigenvalue weighted by Gasteiger charge is -2.12. The highest BCUT2D eigenvalue weighted by Gasteiger charge is 2.24. The fourth-order valence-electron chi connectivity index (χ4n) is 3.37. The van der Waals surface area contributed by atoms with Crippen molar-refractivity contribution in [1.82, 2.24) is 0 Å². The molecule has 4 rings (SSSR count). The first-order valence-corrected chi connectivity index (χ1v) is 10.1. The Kier molecular flexibility index (Phi) is 6.07. The minimum Gasteiger partial charge on any atom is -0.496 e. The predicted molar refractivity (Wildman–Crippen MR) is 123 cm³/mol. The van der Waals surface area contributed by atoms with E-state index in [4.69, 9.17) is 13.9 Å². The lowest BCUT2D eigenvalue weighted by Crippen LogP contribution is -2.18. The molecule has 4 aromatic rings. The molecule has 0 radical (unpaired) electrons. The van der Waals surface area contributed by atoms with Crippen molar-refractivity contribution in [3.05, 3.63) is 84.1 Å². The van der Waals surface area contributed by atoms with E-state index in [0.717, 1.165) is 0 Å². The third kappa shape index (κ3) is 4.13. The van der Waals surface area contributed by atoms with E-state index in [1.165, 1.54) is 7.11 Å². The maximum atomic E-state index is 13.2. The van der Waals surface area contributed by atoms with Crippen molar-refractivity contribution in [3.63, 3.8) is 0 Å². The van der Waals surface area contributed by atoms with Crippen molar-refractivity contribution in [2.24, 2.45) is 0 Å². The molecule has 0 aliphatic heterocycles. The van der Waals surface area contributed by atoms with Crippen molar-refractivity contribution in [2.75, 3.05) is 24.4 Å². The summed E-state index contributed by atoms with van der Waals surface area (Å²) in [5, 5.41) is 6.25. The highest BCUT2D eigenvalue weighted by Crippen LogP contribution is 2.33. The second kappa shape index (κ2) is 9.26. The Labute approximate surface area is 184 Å². The third-order valence-electron chi connectivity index (χ3n) is 4.83. The number of carbonyl (C=O) groups excluding carboxylic acids is 2. The molecule has 2 N–H and O–H groups in total. The number of hydrogen-bond acceptors (Lipinski definition) is 5. The first-order chi connectivity index (χ1) is 15.6. The smallest absolute Gasteiger partial charge is 0.293 e. The summed E-state index contributed by atoms with van der Waals surface area (Å²) in [6.45, 7) is 2.32. The second-order valence-corrected chi connectivity index (χ2v) is 6.84. The fourth-order valence-corrected chi connectivity index (χ4v) is 3.37. The molecule has 32 heavy (non-hydrogen) atoms. The van der Waals surface area contributed by atoms with E-state index in [1.807, 2.05) is 19.1 Å². The zero-order valence-corrected chi connectivity index (χ0v) is 17.7. The van der Waals surface area contributed by atoms with Crippen LogP contribution < -0.4 is 20.1 Å². The number of carbonyl (C=O) groups is 2. The number of para-hydroxylation sites is 4. The van der Waals surface area contributed by atoms with Crippen molar-refractivity contribution in [3.8, 4) is 11.5 Å². The standard InChI is InChI=1S/C25H22N2O5/c1-3-31-21-15-9-6-12-18(21)26-25(29)23-22(16-10-4-8-14-20(16)32-23)27-24(28)17-11-5-7-13-19(17)30-2/h4-15H,3H2,1-2H3,(H,26,29)(H,27,28). The molecule has 1 aromatic heterocycles. The van der Waals surface area contributed by atoms with Crippen LogP contribution in [0, 0.1) is 0 Å². The molecule has 0 spiro atoms. The number of amides is 2. The highest BCUT2D eigenvalue weighted by atomic mass is 16.5. The number of furan rings is 1. The van der Waals surface area contributed by atoms with Gasteiger partial charge in [0.15, 0.2) is 0 Å². The first-order valence-electron chi connectivity index (χ1n) is 10.1. The van der Waals surface area contributed by atoms with Crippen LogP contribution >= 0.6 is 0 Å². The minimum atomic E-state index is -0.510. The molecule has 7 nitrogen and oxygen atoms in total. The SMILES string of the molecule is CCOc1ccccc1NC(=O)c1oc2ccccc2c1NC(=O)c1ccccc1OC. The Morgan fingerprint density at radius 2 is 1.53 bits per heavy atom. The quantitative estimate of drug-likeness (QED) is 0.413. The normalized spacial score (nSPS) is 10.6. The van der Waals surface area contributed by atoms with E-state index < -0.39 is 11.8 Å². The van der Waals surface area contributed by atoms with E-state index in [2.05, 4.69) is 10.6 Å². The topological polar surface area (TPSA) is 89.8 Å². The molecule has 0 unspecified atom stereocenters. The Bertz CT molecular complexity index is 1280. The van der Waals surface area contributed by atoms with Gasteiger partial charge in [0.2, 0.25) is 5.76 Å². The van der Waals surface area contributed by atoms with Gasteiger partial charge in [0.25, 0.3) is 11.8 Å². The maximum Gasteiger partial charge on any atom is 0.293 e. The largest absolute Gasteiger partial charge is 0.496 e. The first kappa shape index (κ1) is 21.0. The van der Waals surface area contributed by atoms with Gasteiger partial charge in [-0.2, -0.15) is 0 Å². The lowest BCUT2D eigenvalue weighted by molar-refractivity contribution is 0.0999. The summed E-state index contributed by atoms with van der Waals surface area (Å²) in [4.78, 5) is 26.2. The summed E-state index contributed by atoms with van der Waals surface area (Å²) in [6, 6.07) is 21.1. The number of fused-ring (bicyclic) bond motifs is 1. The summed E-state index contributed by atoms with van der Waals surface area (Å²) >= 11 is 0. The Morgan fingerprint density at radius 1 is 0.844 bits per heavy atom. The van der Waals surface area contributed by atoms with Crippen LogP contribution in [0.15, 0.2) is 77.2 Å². The van der Waals surface area contributed by atoms with Gasteiger partial charge in [0.05, 0.1) is 25.0 Å². The Balaban J connectivity index is 1.71. The van der Waals surface area contributed by atoms with E-state index in [9.17, 15) is 9.59 Å². The second-order valence-electron chi connectivity index (χ2n) is 6.84. The van der Waals surface area contributed by atoms with E-state index in [-0.39, 0.29) is 11.4 Å². The average Bonchev–Trinajstić information content (AvgIpc) is 3.19. The molecule has 162 valence electrons. The van der Waals surface area contributed by atoms with Crippen LogP contribution in [-0.2, 0) is 0 Å².